The molecule has 4 nitrogen and oxygen atoms in total. The molecule has 0 saturated carbocycles. The molecule has 0 spiro atoms. The van der Waals surface area contributed by atoms with Crippen LogP contribution in [0.4, 0.5) is 0 Å². The van der Waals surface area contributed by atoms with Crippen LogP contribution in [0.5, 0.6) is 0 Å². The Morgan fingerprint density at radius 3 is 2.50 bits per heavy atom. The number of hydrogen-bond donors (Lipinski definition) is 0. The number of carbonyl (C=O) groups excluding carboxylic acids is 2. The summed E-state index contributed by atoms with van der Waals surface area (Å²) in [5.41, 5.74) is 0.543. The lowest BCUT2D eigenvalue weighted by molar-refractivity contribution is -0.139. The lowest BCUT2D eigenvalue weighted by Gasteiger charge is -2.02. The van der Waals surface area contributed by atoms with Crippen LogP contribution in [0.1, 0.15) is 23.7 Å². The molecule has 0 N–H and O–H groups in total. The summed E-state index contributed by atoms with van der Waals surface area (Å²) in [4.78, 5) is 22.0. The second kappa shape index (κ2) is 8.06. The normalized spacial score (nSPS) is 10.3. The highest BCUT2D eigenvalue weighted by Crippen LogP contribution is 2.01. The highest BCUT2D eigenvalue weighted by molar-refractivity contribution is 5.89. The highest BCUT2D eigenvalue weighted by atomic mass is 16.5. The topological polar surface area (TPSA) is 52.6 Å². The first kappa shape index (κ1) is 14.0. The van der Waals surface area contributed by atoms with Gasteiger partial charge in [0.1, 0.15) is 6.61 Å². The van der Waals surface area contributed by atoms with Crippen molar-refractivity contribution in [2.45, 2.75) is 13.3 Å². The molecule has 0 unspecified atom stereocenters. The summed E-state index contributed by atoms with van der Waals surface area (Å²) >= 11 is 0. The summed E-state index contributed by atoms with van der Waals surface area (Å²) in [6, 6.07) is 8.83. The standard InChI is InChI=1S/C14H16O4/c1-12(15)17-10-6-3-7-11-18-14(16)13-8-4-2-5-9-13/h2-6,8-9H,7,10-11H2,1H3/b6-3+. The number of esters is 2. The summed E-state index contributed by atoms with van der Waals surface area (Å²) < 4.78 is 9.76. The van der Waals surface area contributed by atoms with Crippen molar-refractivity contribution in [2.24, 2.45) is 0 Å². The molecule has 1 aromatic rings. The van der Waals surface area contributed by atoms with Gasteiger partial charge in [-0.05, 0) is 18.6 Å². The largest absolute Gasteiger partial charge is 0.462 e. The van der Waals surface area contributed by atoms with E-state index in [1.165, 1.54) is 6.92 Å². The summed E-state index contributed by atoms with van der Waals surface area (Å²) in [5.74, 6) is -0.640. The zero-order valence-electron chi connectivity index (χ0n) is 10.3. The minimum Gasteiger partial charge on any atom is -0.462 e. The van der Waals surface area contributed by atoms with Gasteiger partial charge in [-0.15, -0.1) is 0 Å². The van der Waals surface area contributed by atoms with Gasteiger partial charge in [0.15, 0.2) is 0 Å². The Bertz CT molecular complexity index is 409. The van der Waals surface area contributed by atoms with Crippen molar-refractivity contribution in [3.8, 4) is 0 Å². The zero-order valence-corrected chi connectivity index (χ0v) is 10.3. The summed E-state index contributed by atoms with van der Waals surface area (Å²) in [5, 5.41) is 0. The molecule has 0 heterocycles. The predicted octanol–water partition coefficient (Wildman–Crippen LogP) is 2.35. The Labute approximate surface area is 106 Å². The van der Waals surface area contributed by atoms with E-state index in [1.807, 2.05) is 6.07 Å². The molecular weight excluding hydrogens is 232 g/mol. The molecular formula is C14H16O4. The van der Waals surface area contributed by atoms with Crippen LogP contribution < -0.4 is 0 Å². The van der Waals surface area contributed by atoms with Crippen molar-refractivity contribution < 1.29 is 19.1 Å². The van der Waals surface area contributed by atoms with Crippen molar-refractivity contribution in [1.82, 2.24) is 0 Å². The summed E-state index contributed by atoms with van der Waals surface area (Å²) in [6.45, 7) is 1.92. The Morgan fingerprint density at radius 2 is 1.83 bits per heavy atom. The second-order valence-electron chi connectivity index (χ2n) is 3.56. The van der Waals surface area contributed by atoms with Crippen LogP contribution in [0.2, 0.25) is 0 Å². The van der Waals surface area contributed by atoms with E-state index in [-0.39, 0.29) is 18.5 Å². The van der Waals surface area contributed by atoms with E-state index in [2.05, 4.69) is 0 Å². The van der Waals surface area contributed by atoms with E-state index >= 15 is 0 Å². The van der Waals surface area contributed by atoms with E-state index in [0.717, 1.165) is 0 Å². The summed E-state index contributed by atoms with van der Waals surface area (Å²) in [6.07, 6.45) is 4.12. The van der Waals surface area contributed by atoms with Gasteiger partial charge in [0.05, 0.1) is 12.2 Å². The van der Waals surface area contributed by atoms with Crippen LogP contribution in [0.25, 0.3) is 0 Å². The van der Waals surface area contributed by atoms with Crippen LogP contribution >= 0.6 is 0 Å². The van der Waals surface area contributed by atoms with Crippen molar-refractivity contribution in [3.05, 3.63) is 48.0 Å². The van der Waals surface area contributed by atoms with E-state index in [1.54, 1.807) is 36.4 Å². The Hall–Kier alpha value is -2.10. The maximum Gasteiger partial charge on any atom is 0.338 e. The number of carbonyl (C=O) groups is 2. The summed E-state index contributed by atoms with van der Waals surface area (Å²) in [7, 11) is 0. The van der Waals surface area contributed by atoms with Crippen molar-refractivity contribution >= 4 is 11.9 Å². The van der Waals surface area contributed by atoms with E-state index < -0.39 is 0 Å². The minimum absolute atomic E-state index is 0.252. The maximum absolute atomic E-state index is 11.5. The fraction of sp³-hybridized carbons (Fsp3) is 0.286. The van der Waals surface area contributed by atoms with Crippen LogP contribution in [-0.4, -0.2) is 25.2 Å². The van der Waals surface area contributed by atoms with Crippen LogP contribution in [0.15, 0.2) is 42.5 Å². The van der Waals surface area contributed by atoms with E-state index in [4.69, 9.17) is 9.47 Å². The van der Waals surface area contributed by atoms with Gasteiger partial charge in [0.2, 0.25) is 0 Å². The molecule has 1 rings (SSSR count). The number of benzene rings is 1. The van der Waals surface area contributed by atoms with Crippen molar-refractivity contribution in [1.29, 1.82) is 0 Å². The Morgan fingerprint density at radius 1 is 1.11 bits per heavy atom. The lowest BCUT2D eigenvalue weighted by atomic mass is 10.2. The highest BCUT2D eigenvalue weighted by Gasteiger charge is 2.03. The van der Waals surface area contributed by atoms with Gasteiger partial charge in [-0.25, -0.2) is 4.79 Å². The van der Waals surface area contributed by atoms with Gasteiger partial charge >= 0.3 is 11.9 Å². The van der Waals surface area contributed by atoms with Crippen LogP contribution in [-0.2, 0) is 14.3 Å². The molecule has 4 heteroatoms. The number of hydrogen-bond acceptors (Lipinski definition) is 4. The quantitative estimate of drug-likeness (QED) is 0.440. The third-order valence-corrected chi connectivity index (χ3v) is 2.08. The fourth-order valence-corrected chi connectivity index (χ4v) is 1.23. The molecule has 0 aliphatic carbocycles. The molecule has 0 bridgehead atoms. The smallest absolute Gasteiger partial charge is 0.338 e. The van der Waals surface area contributed by atoms with Gasteiger partial charge in [0.25, 0.3) is 0 Å². The first-order chi connectivity index (χ1) is 8.70. The molecule has 0 aliphatic heterocycles. The molecule has 0 saturated heterocycles. The minimum atomic E-state index is -0.330. The Balaban J connectivity index is 2.15. The van der Waals surface area contributed by atoms with Gasteiger partial charge in [0, 0.05) is 6.92 Å². The van der Waals surface area contributed by atoms with Crippen LogP contribution in [0.3, 0.4) is 0 Å². The van der Waals surface area contributed by atoms with Crippen LogP contribution in [0, 0.1) is 0 Å². The van der Waals surface area contributed by atoms with Gasteiger partial charge in [-0.2, -0.15) is 0 Å². The Kier molecular flexibility index (Phi) is 6.25. The monoisotopic (exact) mass is 248 g/mol. The molecule has 0 atom stereocenters. The zero-order chi connectivity index (χ0) is 13.2. The molecule has 18 heavy (non-hydrogen) atoms. The third kappa shape index (κ3) is 5.84. The van der Waals surface area contributed by atoms with E-state index in [9.17, 15) is 9.59 Å². The van der Waals surface area contributed by atoms with Gasteiger partial charge in [-0.1, -0.05) is 30.4 Å². The average molecular weight is 248 g/mol. The van der Waals surface area contributed by atoms with E-state index in [0.29, 0.717) is 18.6 Å². The number of rotatable bonds is 6. The average Bonchev–Trinajstić information content (AvgIpc) is 2.38. The lowest BCUT2D eigenvalue weighted by Crippen LogP contribution is -2.05. The molecule has 0 radical (unpaired) electrons. The molecule has 0 aliphatic rings. The number of ether oxygens (including phenoxy) is 2. The first-order valence-corrected chi connectivity index (χ1v) is 5.70. The van der Waals surface area contributed by atoms with Gasteiger partial charge < -0.3 is 9.47 Å². The molecule has 96 valence electrons. The molecule has 0 fully saturated rings. The molecule has 0 aromatic heterocycles. The predicted molar refractivity (Wildman–Crippen MR) is 67.1 cm³/mol. The maximum atomic E-state index is 11.5. The van der Waals surface area contributed by atoms with Crippen molar-refractivity contribution in [3.63, 3.8) is 0 Å². The van der Waals surface area contributed by atoms with Gasteiger partial charge in [-0.3, -0.25) is 4.79 Å². The molecule has 0 amide bonds. The van der Waals surface area contributed by atoms with Crippen molar-refractivity contribution in [2.75, 3.05) is 13.2 Å². The third-order valence-electron chi connectivity index (χ3n) is 2.08. The SMILES string of the molecule is CC(=O)OC/C=C/CCOC(=O)c1ccccc1. The second-order valence-corrected chi connectivity index (χ2v) is 3.56. The first-order valence-electron chi connectivity index (χ1n) is 5.70. The molecule has 1 aromatic carbocycles. The fourth-order valence-electron chi connectivity index (χ4n) is 1.23.